The molecule has 0 saturated heterocycles. The van der Waals surface area contributed by atoms with Crippen LogP contribution in [0.15, 0.2) is 24.4 Å². The number of para-hydroxylation sites is 1. The first-order chi connectivity index (χ1) is 8.08. The molecule has 17 heavy (non-hydrogen) atoms. The van der Waals surface area contributed by atoms with Crippen LogP contribution >= 0.6 is 23.2 Å². The van der Waals surface area contributed by atoms with Gasteiger partial charge in [-0.3, -0.25) is 0 Å². The number of phenols is 1. The lowest BCUT2D eigenvalue weighted by atomic mass is 10.3. The number of anilines is 2. The second-order valence-corrected chi connectivity index (χ2v) is 3.84. The van der Waals surface area contributed by atoms with E-state index in [4.69, 9.17) is 23.2 Å². The highest BCUT2D eigenvalue weighted by molar-refractivity contribution is 6.33. The summed E-state index contributed by atoms with van der Waals surface area (Å²) in [6.45, 7) is 0. The van der Waals surface area contributed by atoms with Gasteiger partial charge >= 0.3 is 0 Å². The van der Waals surface area contributed by atoms with Gasteiger partial charge in [0, 0.05) is 0 Å². The molecular formula is C10H6Cl2FN3O. The van der Waals surface area contributed by atoms with Crippen molar-refractivity contribution in [3.63, 3.8) is 0 Å². The Balaban J connectivity index is 2.41. The van der Waals surface area contributed by atoms with Gasteiger partial charge < -0.3 is 10.4 Å². The first kappa shape index (κ1) is 11.9. The van der Waals surface area contributed by atoms with E-state index in [1.807, 2.05) is 0 Å². The first-order valence-electron chi connectivity index (χ1n) is 4.50. The Morgan fingerprint density at radius 3 is 2.76 bits per heavy atom. The third kappa shape index (κ3) is 2.57. The van der Waals surface area contributed by atoms with Gasteiger partial charge in [-0.25, -0.2) is 9.37 Å². The zero-order valence-electron chi connectivity index (χ0n) is 8.28. The molecule has 0 amide bonds. The number of rotatable bonds is 2. The van der Waals surface area contributed by atoms with Crippen molar-refractivity contribution < 1.29 is 9.50 Å². The Morgan fingerprint density at radius 1 is 1.29 bits per heavy atom. The maximum atomic E-state index is 13.4. The standard InChI is InChI=1S/C10H6Cl2FN3O/c11-5-4-14-10(12)16-9(5)15-8-6(13)2-1-3-7(8)17/h1-4,17H,(H,14,15,16). The Hall–Kier alpha value is -1.59. The zero-order chi connectivity index (χ0) is 12.4. The average Bonchev–Trinajstić information content (AvgIpc) is 2.28. The highest BCUT2D eigenvalue weighted by Crippen LogP contribution is 2.31. The lowest BCUT2D eigenvalue weighted by Gasteiger charge is -2.09. The van der Waals surface area contributed by atoms with E-state index >= 15 is 0 Å². The number of hydrogen-bond acceptors (Lipinski definition) is 4. The van der Waals surface area contributed by atoms with Gasteiger partial charge in [-0.15, -0.1) is 0 Å². The highest BCUT2D eigenvalue weighted by Gasteiger charge is 2.11. The zero-order valence-corrected chi connectivity index (χ0v) is 9.80. The van der Waals surface area contributed by atoms with Crippen LogP contribution in [0.2, 0.25) is 10.3 Å². The van der Waals surface area contributed by atoms with Crippen molar-refractivity contribution in [1.82, 2.24) is 9.97 Å². The molecule has 7 heteroatoms. The van der Waals surface area contributed by atoms with E-state index in [0.717, 1.165) is 0 Å². The summed E-state index contributed by atoms with van der Waals surface area (Å²) in [6.07, 6.45) is 1.27. The summed E-state index contributed by atoms with van der Waals surface area (Å²) in [5, 5.41) is 12.2. The van der Waals surface area contributed by atoms with E-state index < -0.39 is 5.82 Å². The minimum absolute atomic E-state index is 0.0345. The third-order valence-electron chi connectivity index (χ3n) is 1.95. The maximum absolute atomic E-state index is 13.4. The molecule has 1 aromatic heterocycles. The molecule has 0 aliphatic rings. The number of nitrogens with zero attached hydrogens (tertiary/aromatic N) is 2. The Kier molecular flexibility index (Phi) is 3.31. The van der Waals surface area contributed by atoms with Crippen LogP contribution in [0.5, 0.6) is 5.75 Å². The summed E-state index contributed by atoms with van der Waals surface area (Å²) in [5.41, 5.74) is -0.121. The van der Waals surface area contributed by atoms with E-state index in [2.05, 4.69) is 15.3 Å². The van der Waals surface area contributed by atoms with Crippen LogP contribution < -0.4 is 5.32 Å². The summed E-state index contributed by atoms with van der Waals surface area (Å²) in [4.78, 5) is 7.44. The fraction of sp³-hybridized carbons (Fsp3) is 0. The molecule has 0 radical (unpaired) electrons. The number of aromatic hydroxyl groups is 1. The first-order valence-corrected chi connectivity index (χ1v) is 5.26. The second-order valence-electron chi connectivity index (χ2n) is 3.09. The number of benzene rings is 1. The smallest absolute Gasteiger partial charge is 0.224 e. The number of phenolic OH excluding ortho intramolecular Hbond substituents is 1. The number of aromatic nitrogens is 2. The molecule has 4 nitrogen and oxygen atoms in total. The van der Waals surface area contributed by atoms with Gasteiger partial charge in [0.2, 0.25) is 5.28 Å². The van der Waals surface area contributed by atoms with Crippen LogP contribution in [-0.2, 0) is 0 Å². The fourth-order valence-corrected chi connectivity index (χ4v) is 1.46. The number of hydrogen-bond donors (Lipinski definition) is 2. The molecule has 1 aromatic carbocycles. The van der Waals surface area contributed by atoms with Crippen LogP contribution in [-0.4, -0.2) is 15.1 Å². The van der Waals surface area contributed by atoms with Gasteiger partial charge in [-0.2, -0.15) is 4.98 Å². The average molecular weight is 274 g/mol. The van der Waals surface area contributed by atoms with E-state index in [-0.39, 0.29) is 27.6 Å². The molecule has 0 saturated carbocycles. The quantitative estimate of drug-likeness (QED) is 0.651. The van der Waals surface area contributed by atoms with Crippen LogP contribution in [0, 0.1) is 5.82 Å². The Morgan fingerprint density at radius 2 is 2.06 bits per heavy atom. The summed E-state index contributed by atoms with van der Waals surface area (Å²) in [7, 11) is 0. The summed E-state index contributed by atoms with van der Waals surface area (Å²) in [5.74, 6) is -0.765. The summed E-state index contributed by atoms with van der Waals surface area (Å²) < 4.78 is 13.4. The fourth-order valence-electron chi connectivity index (χ4n) is 1.19. The molecule has 0 fully saturated rings. The van der Waals surface area contributed by atoms with Crippen molar-refractivity contribution in [2.75, 3.05) is 5.32 Å². The van der Waals surface area contributed by atoms with Crippen molar-refractivity contribution in [3.05, 3.63) is 40.5 Å². The minimum Gasteiger partial charge on any atom is -0.506 e. The van der Waals surface area contributed by atoms with Crippen molar-refractivity contribution >= 4 is 34.7 Å². The third-order valence-corrected chi connectivity index (χ3v) is 2.41. The maximum Gasteiger partial charge on any atom is 0.224 e. The molecule has 0 unspecified atom stereocenters. The SMILES string of the molecule is Oc1cccc(F)c1Nc1nc(Cl)ncc1Cl. The lowest BCUT2D eigenvalue weighted by Crippen LogP contribution is -1.98. The van der Waals surface area contributed by atoms with Crippen LogP contribution in [0.4, 0.5) is 15.9 Å². The molecule has 2 rings (SSSR count). The minimum atomic E-state index is -0.629. The van der Waals surface area contributed by atoms with Crippen LogP contribution in [0.3, 0.4) is 0 Å². The molecule has 0 bridgehead atoms. The normalized spacial score (nSPS) is 10.3. The molecule has 0 spiro atoms. The van der Waals surface area contributed by atoms with Crippen LogP contribution in [0.25, 0.3) is 0 Å². The van der Waals surface area contributed by atoms with E-state index in [1.165, 1.54) is 24.4 Å². The second kappa shape index (κ2) is 4.73. The van der Waals surface area contributed by atoms with Gasteiger partial charge in [0.05, 0.1) is 6.20 Å². The van der Waals surface area contributed by atoms with Crippen molar-refractivity contribution in [3.8, 4) is 5.75 Å². The molecule has 0 aliphatic carbocycles. The summed E-state index contributed by atoms with van der Waals surface area (Å²) in [6, 6.07) is 3.91. The van der Waals surface area contributed by atoms with E-state index in [0.29, 0.717) is 0 Å². The van der Waals surface area contributed by atoms with Crippen molar-refractivity contribution in [2.24, 2.45) is 0 Å². The van der Waals surface area contributed by atoms with Gasteiger partial charge in [0.15, 0.2) is 5.82 Å². The van der Waals surface area contributed by atoms with Gasteiger partial charge in [0.25, 0.3) is 0 Å². The molecule has 1 heterocycles. The van der Waals surface area contributed by atoms with Crippen molar-refractivity contribution in [1.29, 1.82) is 0 Å². The molecule has 0 aliphatic heterocycles. The molecule has 2 N–H and O–H groups in total. The molecule has 2 aromatic rings. The Labute approximate surface area is 106 Å². The van der Waals surface area contributed by atoms with Crippen molar-refractivity contribution in [2.45, 2.75) is 0 Å². The van der Waals surface area contributed by atoms with Gasteiger partial charge in [-0.05, 0) is 23.7 Å². The molecular weight excluding hydrogens is 268 g/mol. The summed E-state index contributed by atoms with van der Waals surface area (Å²) >= 11 is 11.4. The molecule has 0 atom stereocenters. The largest absolute Gasteiger partial charge is 0.506 e. The van der Waals surface area contributed by atoms with E-state index in [9.17, 15) is 9.50 Å². The van der Waals surface area contributed by atoms with Gasteiger partial charge in [-0.1, -0.05) is 17.7 Å². The highest BCUT2D eigenvalue weighted by atomic mass is 35.5. The predicted octanol–water partition coefficient (Wildman–Crippen LogP) is 3.37. The number of nitrogens with one attached hydrogen (secondary N) is 1. The van der Waals surface area contributed by atoms with Crippen LogP contribution in [0.1, 0.15) is 0 Å². The lowest BCUT2D eigenvalue weighted by molar-refractivity contribution is 0.472. The number of halogens is 3. The molecule has 88 valence electrons. The topological polar surface area (TPSA) is 58.0 Å². The predicted molar refractivity (Wildman–Crippen MR) is 63.4 cm³/mol. The van der Waals surface area contributed by atoms with Gasteiger partial charge in [0.1, 0.15) is 22.3 Å². The monoisotopic (exact) mass is 273 g/mol. The Bertz CT molecular complexity index is 545. The van der Waals surface area contributed by atoms with E-state index in [1.54, 1.807) is 0 Å².